The monoisotopic (exact) mass is 215 g/mol. The Bertz CT molecular complexity index is 138. The lowest BCUT2D eigenvalue weighted by Crippen LogP contribution is -2.32. The predicted octanol–water partition coefficient (Wildman–Crippen LogP) is 2.95. The van der Waals surface area contributed by atoms with E-state index in [1.54, 1.807) is 0 Å². The fourth-order valence-electron chi connectivity index (χ4n) is 1.70. The van der Waals surface area contributed by atoms with Gasteiger partial charge in [-0.15, -0.1) is 0 Å². The highest BCUT2D eigenvalue weighted by Crippen LogP contribution is 2.12. The molecule has 0 aliphatic rings. The molecule has 15 heavy (non-hydrogen) atoms. The SMILES string of the molecule is CCC(C)CC(CC)NCCC(O)CC. The lowest BCUT2D eigenvalue weighted by atomic mass is 9.97. The molecule has 2 nitrogen and oxygen atoms in total. The van der Waals surface area contributed by atoms with Gasteiger partial charge < -0.3 is 10.4 Å². The molecule has 3 unspecified atom stereocenters. The van der Waals surface area contributed by atoms with Crippen molar-refractivity contribution in [3.63, 3.8) is 0 Å². The van der Waals surface area contributed by atoms with Crippen LogP contribution >= 0.6 is 0 Å². The lowest BCUT2D eigenvalue weighted by molar-refractivity contribution is 0.157. The summed E-state index contributed by atoms with van der Waals surface area (Å²) in [7, 11) is 0. The molecule has 0 amide bonds. The maximum Gasteiger partial charge on any atom is 0.0549 e. The van der Waals surface area contributed by atoms with E-state index in [1.165, 1.54) is 19.3 Å². The second-order valence-electron chi connectivity index (χ2n) is 4.66. The molecule has 3 atom stereocenters. The summed E-state index contributed by atoms with van der Waals surface area (Å²) < 4.78 is 0. The molecule has 0 bridgehead atoms. The Balaban J connectivity index is 3.61. The highest BCUT2D eigenvalue weighted by Gasteiger charge is 2.10. The number of hydrogen-bond donors (Lipinski definition) is 2. The van der Waals surface area contributed by atoms with Gasteiger partial charge in [-0.05, 0) is 38.1 Å². The second kappa shape index (κ2) is 9.17. The Kier molecular flexibility index (Phi) is 9.12. The van der Waals surface area contributed by atoms with Crippen molar-refractivity contribution in [2.75, 3.05) is 6.54 Å². The van der Waals surface area contributed by atoms with Gasteiger partial charge in [-0.25, -0.2) is 0 Å². The van der Waals surface area contributed by atoms with Crippen molar-refractivity contribution in [3.8, 4) is 0 Å². The zero-order valence-corrected chi connectivity index (χ0v) is 10.9. The smallest absolute Gasteiger partial charge is 0.0549 e. The molecular weight excluding hydrogens is 186 g/mol. The van der Waals surface area contributed by atoms with Gasteiger partial charge in [0.05, 0.1) is 6.10 Å². The van der Waals surface area contributed by atoms with Crippen molar-refractivity contribution >= 4 is 0 Å². The van der Waals surface area contributed by atoms with Crippen molar-refractivity contribution in [2.45, 2.75) is 71.9 Å². The number of nitrogens with one attached hydrogen (secondary N) is 1. The van der Waals surface area contributed by atoms with Crippen LogP contribution in [-0.2, 0) is 0 Å². The van der Waals surface area contributed by atoms with E-state index in [0.29, 0.717) is 6.04 Å². The van der Waals surface area contributed by atoms with Crippen molar-refractivity contribution in [2.24, 2.45) is 5.92 Å². The van der Waals surface area contributed by atoms with Crippen molar-refractivity contribution in [1.29, 1.82) is 0 Å². The average molecular weight is 215 g/mol. The van der Waals surface area contributed by atoms with E-state index in [2.05, 4.69) is 26.1 Å². The van der Waals surface area contributed by atoms with E-state index in [9.17, 15) is 5.11 Å². The van der Waals surface area contributed by atoms with Crippen molar-refractivity contribution < 1.29 is 5.11 Å². The summed E-state index contributed by atoms with van der Waals surface area (Å²) in [5.74, 6) is 0.804. The zero-order valence-electron chi connectivity index (χ0n) is 10.9. The first kappa shape index (κ1) is 14.9. The second-order valence-corrected chi connectivity index (χ2v) is 4.66. The van der Waals surface area contributed by atoms with E-state index in [0.717, 1.165) is 25.3 Å². The first-order valence-corrected chi connectivity index (χ1v) is 6.55. The van der Waals surface area contributed by atoms with Gasteiger partial charge in [0.25, 0.3) is 0 Å². The van der Waals surface area contributed by atoms with Crippen molar-refractivity contribution in [3.05, 3.63) is 0 Å². The highest BCUT2D eigenvalue weighted by molar-refractivity contribution is 4.69. The average Bonchev–Trinajstić information content (AvgIpc) is 2.26. The number of hydrogen-bond acceptors (Lipinski definition) is 2. The zero-order chi connectivity index (χ0) is 11.7. The Labute approximate surface area is 95.5 Å². The van der Waals surface area contributed by atoms with Crippen LogP contribution in [0.4, 0.5) is 0 Å². The molecule has 0 rings (SSSR count). The summed E-state index contributed by atoms with van der Waals surface area (Å²) in [6.45, 7) is 9.77. The van der Waals surface area contributed by atoms with Crippen LogP contribution in [0.3, 0.4) is 0 Å². The maximum atomic E-state index is 9.43. The maximum absolute atomic E-state index is 9.43. The third kappa shape index (κ3) is 7.80. The molecule has 0 aromatic carbocycles. The van der Waals surface area contributed by atoms with Gasteiger partial charge in [0.15, 0.2) is 0 Å². The van der Waals surface area contributed by atoms with E-state index in [1.807, 2.05) is 6.92 Å². The molecule has 0 spiro atoms. The quantitative estimate of drug-likeness (QED) is 0.620. The van der Waals surface area contributed by atoms with Crippen molar-refractivity contribution in [1.82, 2.24) is 5.32 Å². The Morgan fingerprint density at radius 3 is 2.20 bits per heavy atom. The summed E-state index contributed by atoms with van der Waals surface area (Å²) >= 11 is 0. The minimum absolute atomic E-state index is 0.126. The highest BCUT2D eigenvalue weighted by atomic mass is 16.3. The Hall–Kier alpha value is -0.0800. The molecule has 2 heteroatoms. The predicted molar refractivity (Wildman–Crippen MR) is 67.1 cm³/mol. The molecule has 0 aliphatic carbocycles. The van der Waals surface area contributed by atoms with Gasteiger partial charge >= 0.3 is 0 Å². The molecule has 0 aliphatic heterocycles. The molecule has 0 fully saturated rings. The largest absolute Gasteiger partial charge is 0.393 e. The Morgan fingerprint density at radius 1 is 1.07 bits per heavy atom. The van der Waals surface area contributed by atoms with Gasteiger partial charge in [0, 0.05) is 6.04 Å². The van der Waals surface area contributed by atoms with Crippen LogP contribution in [0.2, 0.25) is 0 Å². The minimum Gasteiger partial charge on any atom is -0.393 e. The van der Waals surface area contributed by atoms with Crippen LogP contribution in [0.25, 0.3) is 0 Å². The molecule has 0 heterocycles. The molecule has 0 aromatic heterocycles. The fraction of sp³-hybridized carbons (Fsp3) is 1.00. The third-order valence-corrected chi connectivity index (χ3v) is 3.26. The number of aliphatic hydroxyl groups excluding tert-OH is 1. The molecular formula is C13H29NO. The molecule has 92 valence electrons. The van der Waals surface area contributed by atoms with Gasteiger partial charge in [0.1, 0.15) is 0 Å². The summed E-state index contributed by atoms with van der Waals surface area (Å²) in [6, 6.07) is 0.629. The van der Waals surface area contributed by atoms with Crippen LogP contribution in [0.15, 0.2) is 0 Å². The van der Waals surface area contributed by atoms with Gasteiger partial charge in [-0.1, -0.05) is 34.1 Å². The lowest BCUT2D eigenvalue weighted by Gasteiger charge is -2.21. The van der Waals surface area contributed by atoms with Crippen LogP contribution < -0.4 is 5.32 Å². The minimum atomic E-state index is -0.126. The van der Waals surface area contributed by atoms with E-state index in [-0.39, 0.29) is 6.10 Å². The fourth-order valence-corrected chi connectivity index (χ4v) is 1.70. The van der Waals surface area contributed by atoms with Crippen LogP contribution in [-0.4, -0.2) is 23.8 Å². The van der Waals surface area contributed by atoms with E-state index in [4.69, 9.17) is 0 Å². The van der Waals surface area contributed by atoms with E-state index >= 15 is 0 Å². The van der Waals surface area contributed by atoms with Crippen LogP contribution in [0.1, 0.15) is 59.8 Å². The molecule has 0 saturated heterocycles. The van der Waals surface area contributed by atoms with Gasteiger partial charge in [-0.2, -0.15) is 0 Å². The summed E-state index contributed by atoms with van der Waals surface area (Å²) in [6.07, 6.45) is 5.33. The molecule has 0 aromatic rings. The molecule has 0 saturated carbocycles. The number of rotatable bonds is 9. The summed E-state index contributed by atoms with van der Waals surface area (Å²) in [4.78, 5) is 0. The topological polar surface area (TPSA) is 32.3 Å². The standard InChI is InChI=1S/C13H29NO/c1-5-11(4)10-12(6-2)14-9-8-13(15)7-3/h11-15H,5-10H2,1-4H3. The molecule has 2 N–H and O–H groups in total. The summed E-state index contributed by atoms with van der Waals surface area (Å²) in [5, 5.41) is 13.0. The first-order valence-electron chi connectivity index (χ1n) is 6.55. The van der Waals surface area contributed by atoms with Crippen LogP contribution in [0, 0.1) is 5.92 Å². The van der Waals surface area contributed by atoms with Gasteiger partial charge in [0.2, 0.25) is 0 Å². The summed E-state index contributed by atoms with van der Waals surface area (Å²) in [5.41, 5.74) is 0. The van der Waals surface area contributed by atoms with Crippen LogP contribution in [0.5, 0.6) is 0 Å². The van der Waals surface area contributed by atoms with Gasteiger partial charge in [-0.3, -0.25) is 0 Å². The normalized spacial score (nSPS) is 17.4. The third-order valence-electron chi connectivity index (χ3n) is 3.26. The van der Waals surface area contributed by atoms with E-state index < -0.39 is 0 Å². The molecule has 0 radical (unpaired) electrons. The Morgan fingerprint density at radius 2 is 1.73 bits per heavy atom. The number of aliphatic hydroxyl groups is 1. The first-order chi connectivity index (χ1) is 7.13.